The van der Waals surface area contributed by atoms with Gasteiger partial charge in [0.15, 0.2) is 5.75 Å². The molecule has 1 aromatic carbocycles. The van der Waals surface area contributed by atoms with Crippen LogP contribution in [0.25, 0.3) is 11.3 Å². The predicted octanol–water partition coefficient (Wildman–Crippen LogP) is 2.46. The van der Waals surface area contributed by atoms with Gasteiger partial charge in [0.1, 0.15) is 10.8 Å². The maximum atomic E-state index is 10.9. The Morgan fingerprint density at radius 1 is 1.39 bits per heavy atom. The third-order valence-electron chi connectivity index (χ3n) is 2.31. The molecule has 18 heavy (non-hydrogen) atoms. The molecule has 2 aromatic rings. The van der Waals surface area contributed by atoms with Crippen LogP contribution in [0.15, 0.2) is 23.0 Å². The SMILES string of the molecule is COc1c(Cl)cc(-c2ccc(=O)[nH]n2)c(O)c1Cl. The van der Waals surface area contributed by atoms with E-state index in [-0.39, 0.29) is 27.1 Å². The lowest BCUT2D eigenvalue weighted by Crippen LogP contribution is -2.05. The van der Waals surface area contributed by atoms with Gasteiger partial charge in [-0.3, -0.25) is 4.79 Å². The second-order valence-electron chi connectivity index (χ2n) is 3.41. The molecule has 0 aliphatic carbocycles. The highest BCUT2D eigenvalue weighted by molar-refractivity contribution is 6.38. The number of phenols is 1. The van der Waals surface area contributed by atoms with Gasteiger partial charge in [-0.05, 0) is 12.1 Å². The highest BCUT2D eigenvalue weighted by atomic mass is 35.5. The van der Waals surface area contributed by atoms with Crippen molar-refractivity contribution in [1.29, 1.82) is 0 Å². The number of ether oxygens (including phenoxy) is 1. The number of benzene rings is 1. The van der Waals surface area contributed by atoms with E-state index >= 15 is 0 Å². The number of aromatic hydroxyl groups is 1. The van der Waals surface area contributed by atoms with E-state index < -0.39 is 0 Å². The maximum absolute atomic E-state index is 10.9. The molecule has 0 fully saturated rings. The minimum absolute atomic E-state index is 0.00648. The molecule has 0 bridgehead atoms. The number of halogens is 2. The lowest BCUT2D eigenvalue weighted by atomic mass is 10.1. The molecule has 2 rings (SSSR count). The predicted molar refractivity (Wildman–Crippen MR) is 68.5 cm³/mol. The number of H-pyrrole nitrogens is 1. The van der Waals surface area contributed by atoms with E-state index in [0.29, 0.717) is 11.3 Å². The fourth-order valence-corrected chi connectivity index (χ4v) is 2.08. The van der Waals surface area contributed by atoms with E-state index in [2.05, 4.69) is 10.2 Å². The topological polar surface area (TPSA) is 75.2 Å². The summed E-state index contributed by atoms with van der Waals surface area (Å²) in [6.45, 7) is 0. The number of methoxy groups -OCH3 is 1. The Morgan fingerprint density at radius 3 is 2.67 bits per heavy atom. The molecule has 0 atom stereocenters. The van der Waals surface area contributed by atoms with Crippen LogP contribution in [-0.2, 0) is 0 Å². The summed E-state index contributed by atoms with van der Waals surface area (Å²) in [7, 11) is 1.39. The molecule has 1 aromatic heterocycles. The Bertz CT molecular complexity index is 635. The first-order valence-corrected chi connectivity index (χ1v) is 5.61. The number of aromatic amines is 1. The van der Waals surface area contributed by atoms with Crippen molar-refractivity contribution in [2.45, 2.75) is 0 Å². The second kappa shape index (κ2) is 4.88. The summed E-state index contributed by atoms with van der Waals surface area (Å²) in [5.74, 6) is -0.0264. The maximum Gasteiger partial charge on any atom is 0.264 e. The third kappa shape index (κ3) is 2.14. The fourth-order valence-electron chi connectivity index (χ4n) is 1.47. The van der Waals surface area contributed by atoms with Gasteiger partial charge in [0.05, 0.1) is 17.8 Å². The molecule has 0 saturated heterocycles. The number of aromatic nitrogens is 2. The molecular formula is C11H8Cl2N2O3. The highest BCUT2D eigenvalue weighted by Crippen LogP contribution is 2.44. The summed E-state index contributed by atoms with van der Waals surface area (Å²) in [6, 6.07) is 4.20. The highest BCUT2D eigenvalue weighted by Gasteiger charge is 2.17. The average Bonchev–Trinajstić information content (AvgIpc) is 2.36. The Balaban J connectivity index is 2.66. The molecule has 94 valence electrons. The van der Waals surface area contributed by atoms with Gasteiger partial charge in [0.2, 0.25) is 0 Å². The molecule has 7 heteroatoms. The van der Waals surface area contributed by atoms with Crippen LogP contribution in [0.5, 0.6) is 11.5 Å². The van der Waals surface area contributed by atoms with Gasteiger partial charge in [-0.25, -0.2) is 5.10 Å². The van der Waals surface area contributed by atoms with Crippen molar-refractivity contribution in [3.63, 3.8) is 0 Å². The normalized spacial score (nSPS) is 10.4. The van der Waals surface area contributed by atoms with Gasteiger partial charge < -0.3 is 9.84 Å². The van der Waals surface area contributed by atoms with Gasteiger partial charge in [-0.15, -0.1) is 0 Å². The van der Waals surface area contributed by atoms with E-state index in [9.17, 15) is 9.90 Å². The van der Waals surface area contributed by atoms with Crippen LogP contribution in [0.2, 0.25) is 10.0 Å². The molecule has 2 N–H and O–H groups in total. The first-order valence-electron chi connectivity index (χ1n) is 4.85. The summed E-state index contributed by atoms with van der Waals surface area (Å²) >= 11 is 11.9. The van der Waals surface area contributed by atoms with Crippen LogP contribution in [0, 0.1) is 0 Å². The number of hydrogen-bond donors (Lipinski definition) is 2. The zero-order valence-corrected chi connectivity index (χ0v) is 10.7. The first kappa shape index (κ1) is 12.7. The van der Waals surface area contributed by atoms with Crippen molar-refractivity contribution in [3.8, 4) is 22.8 Å². The molecular weight excluding hydrogens is 279 g/mol. The second-order valence-corrected chi connectivity index (χ2v) is 4.19. The Labute approximate surface area is 112 Å². The van der Waals surface area contributed by atoms with E-state index in [1.165, 1.54) is 25.3 Å². The molecule has 0 spiro atoms. The van der Waals surface area contributed by atoms with Crippen LogP contribution >= 0.6 is 23.2 Å². The molecule has 0 saturated carbocycles. The molecule has 0 aliphatic heterocycles. The van der Waals surface area contributed by atoms with Crippen molar-refractivity contribution in [1.82, 2.24) is 10.2 Å². The van der Waals surface area contributed by atoms with Gasteiger partial charge in [-0.2, -0.15) is 5.10 Å². The standard InChI is InChI=1S/C11H8Cl2N2O3/c1-18-11-6(12)4-5(10(17)9(11)13)7-2-3-8(16)15-14-7/h2-4,17H,1H3,(H,15,16). The van der Waals surface area contributed by atoms with E-state index in [1.54, 1.807) is 0 Å². The molecule has 5 nitrogen and oxygen atoms in total. The van der Waals surface area contributed by atoms with Crippen LogP contribution in [0.4, 0.5) is 0 Å². The van der Waals surface area contributed by atoms with Crippen molar-refractivity contribution in [3.05, 3.63) is 38.6 Å². The van der Waals surface area contributed by atoms with Gasteiger partial charge in [0, 0.05) is 11.6 Å². The van der Waals surface area contributed by atoms with Gasteiger partial charge >= 0.3 is 0 Å². The van der Waals surface area contributed by atoms with Crippen LogP contribution in [-0.4, -0.2) is 22.4 Å². The molecule has 0 radical (unpaired) electrons. The van der Waals surface area contributed by atoms with Gasteiger partial charge in [-0.1, -0.05) is 23.2 Å². The lowest BCUT2D eigenvalue weighted by molar-refractivity contribution is 0.408. The average molecular weight is 287 g/mol. The Kier molecular flexibility index (Phi) is 3.45. The number of rotatable bonds is 2. The lowest BCUT2D eigenvalue weighted by Gasteiger charge is -2.11. The van der Waals surface area contributed by atoms with Crippen molar-refractivity contribution < 1.29 is 9.84 Å². The molecule has 1 heterocycles. The smallest absolute Gasteiger partial charge is 0.264 e. The number of phenolic OH excluding ortho intramolecular Hbond substituents is 1. The zero-order chi connectivity index (χ0) is 13.3. The first-order chi connectivity index (χ1) is 8.54. The molecule has 0 aliphatic rings. The van der Waals surface area contributed by atoms with Gasteiger partial charge in [0.25, 0.3) is 5.56 Å². The largest absolute Gasteiger partial charge is 0.506 e. The van der Waals surface area contributed by atoms with E-state index in [1.807, 2.05) is 0 Å². The summed E-state index contributed by atoms with van der Waals surface area (Å²) in [4.78, 5) is 10.9. The third-order valence-corrected chi connectivity index (χ3v) is 2.94. The monoisotopic (exact) mass is 286 g/mol. The fraction of sp³-hybridized carbons (Fsp3) is 0.0909. The molecule has 0 amide bonds. The quantitative estimate of drug-likeness (QED) is 0.889. The summed E-state index contributed by atoms with van der Waals surface area (Å²) in [5.41, 5.74) is 0.310. The summed E-state index contributed by atoms with van der Waals surface area (Å²) < 4.78 is 4.96. The van der Waals surface area contributed by atoms with Crippen LogP contribution < -0.4 is 10.3 Å². The van der Waals surface area contributed by atoms with Crippen LogP contribution in [0.3, 0.4) is 0 Å². The molecule has 0 unspecified atom stereocenters. The number of nitrogens with one attached hydrogen (secondary N) is 1. The Hall–Kier alpha value is -1.72. The number of nitrogens with zero attached hydrogens (tertiary/aromatic N) is 1. The van der Waals surface area contributed by atoms with Crippen molar-refractivity contribution in [2.75, 3.05) is 7.11 Å². The zero-order valence-electron chi connectivity index (χ0n) is 9.20. The van der Waals surface area contributed by atoms with E-state index in [0.717, 1.165) is 0 Å². The number of hydrogen-bond acceptors (Lipinski definition) is 4. The minimum atomic E-state index is -0.344. The van der Waals surface area contributed by atoms with E-state index in [4.69, 9.17) is 27.9 Å². The summed E-state index contributed by atoms with van der Waals surface area (Å²) in [5, 5.41) is 16.2. The minimum Gasteiger partial charge on any atom is -0.506 e. The summed E-state index contributed by atoms with van der Waals surface area (Å²) in [6.07, 6.45) is 0. The Morgan fingerprint density at radius 2 is 2.11 bits per heavy atom. The van der Waals surface area contributed by atoms with Crippen molar-refractivity contribution >= 4 is 23.2 Å². The van der Waals surface area contributed by atoms with Crippen LogP contribution in [0.1, 0.15) is 0 Å². The van der Waals surface area contributed by atoms with Crippen molar-refractivity contribution in [2.24, 2.45) is 0 Å².